The second-order valence-corrected chi connectivity index (χ2v) is 8.35. The highest BCUT2D eigenvalue weighted by atomic mass is 35.5. The zero-order chi connectivity index (χ0) is 23.0. The van der Waals surface area contributed by atoms with Crippen molar-refractivity contribution in [1.82, 2.24) is 15.1 Å². The molecule has 2 fully saturated rings. The van der Waals surface area contributed by atoms with Gasteiger partial charge in [0.1, 0.15) is 23.7 Å². The van der Waals surface area contributed by atoms with Crippen LogP contribution in [0.1, 0.15) is 12.5 Å². The zero-order valence-corrected chi connectivity index (χ0v) is 18.0. The summed E-state index contributed by atoms with van der Waals surface area (Å²) in [6.45, 7) is 2.76. The Hall–Kier alpha value is -3.20. The van der Waals surface area contributed by atoms with Crippen LogP contribution < -0.4 is 10.2 Å². The molecule has 1 N–H and O–H groups in total. The highest BCUT2D eigenvalue weighted by molar-refractivity contribution is 6.30. The molecule has 0 radical (unpaired) electrons. The fraction of sp³-hybridized carbons (Fsp3) is 0.318. The highest BCUT2D eigenvalue weighted by Crippen LogP contribution is 2.31. The lowest BCUT2D eigenvalue weighted by molar-refractivity contribution is -0.139. The Kier molecular flexibility index (Phi) is 5.77. The first kappa shape index (κ1) is 22.0. The van der Waals surface area contributed by atoms with Crippen molar-refractivity contribution in [2.24, 2.45) is 0 Å². The Morgan fingerprint density at radius 1 is 1.09 bits per heavy atom. The van der Waals surface area contributed by atoms with Gasteiger partial charge in [0.2, 0.25) is 5.91 Å². The van der Waals surface area contributed by atoms with Crippen LogP contribution in [0.5, 0.6) is 0 Å². The second-order valence-electron chi connectivity index (χ2n) is 7.92. The summed E-state index contributed by atoms with van der Waals surface area (Å²) in [5.74, 6) is -2.77. The number of carbonyl (C=O) groups is 3. The molecule has 2 aromatic rings. The van der Waals surface area contributed by atoms with Gasteiger partial charge in [-0.15, -0.1) is 0 Å². The molecular weight excluding hydrogens is 442 g/mol. The molecule has 4 rings (SSSR count). The van der Waals surface area contributed by atoms with Crippen molar-refractivity contribution in [3.05, 3.63) is 64.7 Å². The van der Waals surface area contributed by atoms with Crippen molar-refractivity contribution in [3.8, 4) is 0 Å². The van der Waals surface area contributed by atoms with Crippen molar-refractivity contribution in [3.63, 3.8) is 0 Å². The van der Waals surface area contributed by atoms with Gasteiger partial charge in [0, 0.05) is 42.5 Å². The van der Waals surface area contributed by atoms with E-state index in [4.69, 9.17) is 11.6 Å². The molecule has 1 unspecified atom stereocenters. The van der Waals surface area contributed by atoms with Gasteiger partial charge in [-0.3, -0.25) is 14.5 Å². The number of nitrogens with zero attached hydrogens (tertiary/aromatic N) is 3. The Morgan fingerprint density at radius 3 is 2.50 bits per heavy atom. The SMILES string of the molecule is CC1(c2cc(F)ccc2F)NC(=O)N(CC(=O)N2CCN(c3cccc(Cl)c3)CC2)C1=O. The van der Waals surface area contributed by atoms with Crippen LogP contribution in [-0.2, 0) is 15.1 Å². The van der Waals surface area contributed by atoms with E-state index in [1.165, 1.54) is 6.92 Å². The van der Waals surface area contributed by atoms with Gasteiger partial charge >= 0.3 is 6.03 Å². The topological polar surface area (TPSA) is 73.0 Å². The Bertz CT molecular complexity index is 1090. The van der Waals surface area contributed by atoms with Crippen LogP contribution in [-0.4, -0.2) is 60.4 Å². The number of imide groups is 1. The molecule has 2 aromatic carbocycles. The third kappa shape index (κ3) is 4.00. The van der Waals surface area contributed by atoms with E-state index in [1.54, 1.807) is 11.0 Å². The summed E-state index contributed by atoms with van der Waals surface area (Å²) in [7, 11) is 0. The molecule has 0 spiro atoms. The number of amides is 4. The molecule has 2 saturated heterocycles. The van der Waals surface area contributed by atoms with Gasteiger partial charge in [-0.2, -0.15) is 0 Å². The predicted octanol–water partition coefficient (Wildman–Crippen LogP) is 2.73. The maximum absolute atomic E-state index is 14.3. The molecule has 32 heavy (non-hydrogen) atoms. The molecule has 7 nitrogen and oxygen atoms in total. The van der Waals surface area contributed by atoms with E-state index < -0.39 is 41.6 Å². The molecule has 2 aliphatic rings. The number of halogens is 3. The maximum Gasteiger partial charge on any atom is 0.325 e. The smallest absolute Gasteiger partial charge is 0.325 e. The minimum Gasteiger partial charge on any atom is -0.368 e. The first-order chi connectivity index (χ1) is 15.2. The van der Waals surface area contributed by atoms with E-state index in [-0.39, 0.29) is 5.56 Å². The first-order valence-electron chi connectivity index (χ1n) is 10.1. The van der Waals surface area contributed by atoms with E-state index in [1.807, 2.05) is 18.2 Å². The number of anilines is 1. The van der Waals surface area contributed by atoms with Crippen molar-refractivity contribution in [2.75, 3.05) is 37.6 Å². The molecule has 0 aliphatic carbocycles. The van der Waals surface area contributed by atoms with E-state index in [0.29, 0.717) is 31.2 Å². The number of hydrogen-bond acceptors (Lipinski definition) is 4. The summed E-state index contributed by atoms with van der Waals surface area (Å²) in [5, 5.41) is 3.02. The molecule has 168 valence electrons. The third-order valence-electron chi connectivity index (χ3n) is 5.84. The summed E-state index contributed by atoms with van der Waals surface area (Å²) in [5.41, 5.74) is -1.14. The van der Waals surface area contributed by atoms with Gasteiger partial charge < -0.3 is 15.1 Å². The number of benzene rings is 2. The summed E-state index contributed by atoms with van der Waals surface area (Å²) in [6, 6.07) is 9.27. The van der Waals surface area contributed by atoms with E-state index in [0.717, 1.165) is 28.8 Å². The van der Waals surface area contributed by atoms with Crippen LogP contribution >= 0.6 is 11.6 Å². The molecule has 1 atom stereocenters. The fourth-order valence-corrected chi connectivity index (χ4v) is 4.21. The predicted molar refractivity (Wildman–Crippen MR) is 114 cm³/mol. The maximum atomic E-state index is 14.3. The van der Waals surface area contributed by atoms with Crippen molar-refractivity contribution in [2.45, 2.75) is 12.5 Å². The monoisotopic (exact) mass is 462 g/mol. The molecule has 0 aromatic heterocycles. The molecule has 2 aliphatic heterocycles. The molecule has 10 heteroatoms. The van der Waals surface area contributed by atoms with Gasteiger partial charge in [0.25, 0.3) is 5.91 Å². The third-order valence-corrected chi connectivity index (χ3v) is 6.08. The molecule has 2 heterocycles. The zero-order valence-electron chi connectivity index (χ0n) is 17.3. The number of urea groups is 1. The molecular formula is C22H21ClF2N4O3. The summed E-state index contributed by atoms with van der Waals surface area (Å²) in [6.07, 6.45) is 0. The van der Waals surface area contributed by atoms with E-state index in [2.05, 4.69) is 10.2 Å². The molecule has 4 amide bonds. The van der Waals surface area contributed by atoms with Gasteiger partial charge in [-0.05, 0) is 43.3 Å². The van der Waals surface area contributed by atoms with E-state index >= 15 is 0 Å². The molecule has 0 bridgehead atoms. The number of carbonyl (C=O) groups excluding carboxylic acids is 3. The lowest BCUT2D eigenvalue weighted by Crippen LogP contribution is -2.52. The highest BCUT2D eigenvalue weighted by Gasteiger charge is 2.51. The van der Waals surface area contributed by atoms with Crippen molar-refractivity contribution >= 4 is 35.1 Å². The largest absolute Gasteiger partial charge is 0.368 e. The van der Waals surface area contributed by atoms with Crippen LogP contribution in [0.3, 0.4) is 0 Å². The minimum atomic E-state index is -1.80. The van der Waals surface area contributed by atoms with Crippen molar-refractivity contribution < 1.29 is 23.2 Å². The summed E-state index contributed by atoms with van der Waals surface area (Å²) in [4.78, 5) is 42.6. The van der Waals surface area contributed by atoms with Gasteiger partial charge in [-0.25, -0.2) is 13.6 Å². The number of rotatable bonds is 4. The lowest BCUT2D eigenvalue weighted by atomic mass is 9.91. The number of nitrogens with one attached hydrogen (secondary N) is 1. The second kappa shape index (κ2) is 8.38. The lowest BCUT2D eigenvalue weighted by Gasteiger charge is -2.36. The minimum absolute atomic E-state index is 0.291. The Morgan fingerprint density at radius 2 is 1.81 bits per heavy atom. The van der Waals surface area contributed by atoms with Crippen LogP contribution in [0.4, 0.5) is 19.3 Å². The number of piperazine rings is 1. The van der Waals surface area contributed by atoms with Crippen molar-refractivity contribution in [1.29, 1.82) is 0 Å². The number of hydrogen-bond donors (Lipinski definition) is 1. The quantitative estimate of drug-likeness (QED) is 0.709. The Labute approximate surface area is 188 Å². The van der Waals surface area contributed by atoms with E-state index in [9.17, 15) is 23.2 Å². The first-order valence-corrected chi connectivity index (χ1v) is 10.4. The Balaban J connectivity index is 1.42. The summed E-state index contributed by atoms with van der Waals surface area (Å²) >= 11 is 6.04. The van der Waals surface area contributed by atoms with Crippen LogP contribution in [0.2, 0.25) is 5.02 Å². The van der Waals surface area contributed by atoms with Gasteiger partial charge in [0.05, 0.1) is 0 Å². The van der Waals surface area contributed by atoms with Crippen LogP contribution in [0, 0.1) is 11.6 Å². The molecule has 0 saturated carbocycles. The average Bonchev–Trinajstić information content (AvgIpc) is 2.99. The van der Waals surface area contributed by atoms with Crippen LogP contribution in [0.15, 0.2) is 42.5 Å². The normalized spacial score (nSPS) is 21.2. The van der Waals surface area contributed by atoms with Gasteiger partial charge in [-0.1, -0.05) is 17.7 Å². The van der Waals surface area contributed by atoms with Crippen LogP contribution in [0.25, 0.3) is 0 Å². The standard InChI is InChI=1S/C22H21ClF2N4O3/c1-22(17-12-15(24)5-6-18(17)25)20(31)29(21(32)26-22)13-19(30)28-9-7-27(8-10-28)16-4-2-3-14(23)11-16/h2-6,11-12H,7-10,13H2,1H3,(H,26,32). The average molecular weight is 463 g/mol. The summed E-state index contributed by atoms with van der Waals surface area (Å²) < 4.78 is 27.9. The van der Waals surface area contributed by atoms with Gasteiger partial charge in [0.15, 0.2) is 0 Å². The fourth-order valence-electron chi connectivity index (χ4n) is 4.03.